The van der Waals surface area contributed by atoms with Crippen molar-refractivity contribution in [1.29, 1.82) is 0 Å². The van der Waals surface area contributed by atoms with Crippen molar-refractivity contribution >= 4 is 0 Å². The van der Waals surface area contributed by atoms with Crippen molar-refractivity contribution in [2.24, 2.45) is 5.92 Å². The van der Waals surface area contributed by atoms with Crippen molar-refractivity contribution in [3.8, 4) is 0 Å². The molecule has 1 fully saturated rings. The predicted octanol–water partition coefficient (Wildman–Crippen LogP) is 3.35. The van der Waals surface area contributed by atoms with Crippen molar-refractivity contribution in [3.05, 3.63) is 96.1 Å². The largest absolute Gasteiger partial charge is 0.379 e. The minimum atomic E-state index is -0.950. The second kappa shape index (κ2) is 5.80. The maximum Gasteiger partial charge on any atom is 0.131 e. The summed E-state index contributed by atoms with van der Waals surface area (Å²) in [7, 11) is 0. The zero-order valence-electron chi connectivity index (χ0n) is 13.0. The molecule has 2 aromatic carbocycles. The number of aliphatic hydroxyl groups is 1. The van der Waals surface area contributed by atoms with Crippen LogP contribution >= 0.6 is 0 Å². The Bertz CT molecular complexity index is 669. The highest BCUT2D eigenvalue weighted by Crippen LogP contribution is 2.42. The molecule has 0 bridgehead atoms. The fourth-order valence-corrected chi connectivity index (χ4v) is 3.58. The minimum Gasteiger partial charge on any atom is -0.379 e. The van der Waals surface area contributed by atoms with Gasteiger partial charge in [0.25, 0.3) is 0 Å². The van der Waals surface area contributed by atoms with E-state index in [0.717, 1.165) is 24.2 Å². The van der Waals surface area contributed by atoms with E-state index in [1.54, 1.807) is 0 Å². The third-order valence-electron chi connectivity index (χ3n) is 4.90. The van der Waals surface area contributed by atoms with E-state index in [-0.39, 0.29) is 6.04 Å². The topological polar surface area (TPSA) is 23.2 Å². The van der Waals surface area contributed by atoms with Crippen LogP contribution in [-0.2, 0) is 5.60 Å². The molecule has 0 spiro atoms. The molecule has 0 aromatic heterocycles. The molecular formula is C21H21NO. The Morgan fingerprint density at radius 2 is 1.39 bits per heavy atom. The first kappa shape index (κ1) is 14.4. The molecule has 1 aliphatic heterocycles. The van der Waals surface area contributed by atoms with Gasteiger partial charge in [0.1, 0.15) is 5.60 Å². The van der Waals surface area contributed by atoms with E-state index < -0.39 is 5.60 Å². The fraction of sp³-hybridized carbons (Fsp3) is 0.238. The summed E-state index contributed by atoms with van der Waals surface area (Å²) < 4.78 is 0. The molecule has 2 heteroatoms. The zero-order valence-corrected chi connectivity index (χ0v) is 13.0. The summed E-state index contributed by atoms with van der Waals surface area (Å²) in [5.74, 6) is 0.468. The Kier molecular flexibility index (Phi) is 3.64. The molecular weight excluding hydrogens is 282 g/mol. The van der Waals surface area contributed by atoms with E-state index in [2.05, 4.69) is 29.2 Å². The zero-order chi connectivity index (χ0) is 15.7. The number of benzene rings is 2. The number of hydrogen-bond donors (Lipinski definition) is 1. The number of hydrogen-bond acceptors (Lipinski definition) is 2. The number of rotatable bonds is 5. The van der Waals surface area contributed by atoms with Crippen LogP contribution in [0.1, 0.15) is 11.1 Å². The molecule has 2 atom stereocenters. The Hall–Kier alpha value is -2.16. The Labute approximate surface area is 137 Å². The lowest BCUT2D eigenvalue weighted by Crippen LogP contribution is -2.36. The molecule has 4 rings (SSSR count). The van der Waals surface area contributed by atoms with Crippen LogP contribution in [0.2, 0.25) is 0 Å². The summed E-state index contributed by atoms with van der Waals surface area (Å²) in [6, 6.07) is 20.2. The second-order valence-corrected chi connectivity index (χ2v) is 6.40. The third kappa shape index (κ3) is 2.65. The molecule has 0 radical (unpaired) electrons. The number of allylic oxidation sites excluding steroid dienone is 2. The summed E-state index contributed by atoms with van der Waals surface area (Å²) in [4.78, 5) is 2.37. The first-order valence-electron chi connectivity index (χ1n) is 8.21. The maximum absolute atomic E-state index is 11.7. The summed E-state index contributed by atoms with van der Waals surface area (Å²) in [6.45, 7) is 1.90. The van der Waals surface area contributed by atoms with Gasteiger partial charge in [0.05, 0.1) is 6.04 Å². The van der Waals surface area contributed by atoms with Crippen LogP contribution in [-0.4, -0.2) is 29.1 Å². The molecule has 23 heavy (non-hydrogen) atoms. The smallest absolute Gasteiger partial charge is 0.131 e. The summed E-state index contributed by atoms with van der Waals surface area (Å²) in [6.07, 6.45) is 8.65. The summed E-state index contributed by atoms with van der Waals surface area (Å²) in [5, 5.41) is 11.7. The third-order valence-corrected chi connectivity index (χ3v) is 4.90. The average molecular weight is 303 g/mol. The minimum absolute atomic E-state index is 0.134. The molecule has 1 heterocycles. The normalized spacial score (nSPS) is 23.3. The Morgan fingerprint density at radius 3 is 1.91 bits per heavy atom. The predicted molar refractivity (Wildman–Crippen MR) is 93.0 cm³/mol. The quantitative estimate of drug-likeness (QED) is 0.856. The molecule has 2 aromatic rings. The van der Waals surface area contributed by atoms with Gasteiger partial charge in [0.15, 0.2) is 0 Å². The van der Waals surface area contributed by atoms with Crippen LogP contribution in [0.5, 0.6) is 0 Å². The molecule has 1 aliphatic carbocycles. The first-order valence-corrected chi connectivity index (χ1v) is 8.21. The van der Waals surface area contributed by atoms with E-state index in [1.807, 2.05) is 60.7 Å². The van der Waals surface area contributed by atoms with Gasteiger partial charge >= 0.3 is 0 Å². The van der Waals surface area contributed by atoms with E-state index in [0.29, 0.717) is 5.92 Å². The van der Waals surface area contributed by atoms with Crippen LogP contribution in [0.3, 0.4) is 0 Å². The fourth-order valence-electron chi connectivity index (χ4n) is 3.58. The standard InChI is InChI=1S/C21H21NO/c23-21(18-11-3-1-4-12-18,19-13-5-2-6-14-19)20-16-22(20)15-17-9-7-8-10-17/h1-14,17,20,23H,15-16H2/t20-,22?/m0/s1. The van der Waals surface area contributed by atoms with Crippen molar-refractivity contribution in [3.63, 3.8) is 0 Å². The Morgan fingerprint density at radius 1 is 0.870 bits per heavy atom. The molecule has 2 nitrogen and oxygen atoms in total. The van der Waals surface area contributed by atoms with Gasteiger partial charge in [-0.25, -0.2) is 0 Å². The van der Waals surface area contributed by atoms with Crippen LogP contribution < -0.4 is 0 Å². The van der Waals surface area contributed by atoms with Crippen LogP contribution in [0.25, 0.3) is 0 Å². The van der Waals surface area contributed by atoms with E-state index in [4.69, 9.17) is 0 Å². The molecule has 1 saturated heterocycles. The average Bonchev–Trinajstić information content (AvgIpc) is 3.19. The van der Waals surface area contributed by atoms with Gasteiger partial charge < -0.3 is 5.11 Å². The van der Waals surface area contributed by atoms with Gasteiger partial charge in [-0.2, -0.15) is 0 Å². The SMILES string of the molecule is OC(c1ccccc1)(c1ccccc1)[C@@H]1CN1CC1C=CC=C1. The van der Waals surface area contributed by atoms with Crippen molar-refractivity contribution in [2.75, 3.05) is 13.1 Å². The molecule has 0 amide bonds. The second-order valence-electron chi connectivity index (χ2n) is 6.40. The van der Waals surface area contributed by atoms with Gasteiger partial charge in [0, 0.05) is 19.0 Å². The highest BCUT2D eigenvalue weighted by atomic mass is 16.3. The molecule has 0 saturated carbocycles. The highest BCUT2D eigenvalue weighted by Gasteiger charge is 2.52. The first-order chi connectivity index (χ1) is 11.3. The van der Waals surface area contributed by atoms with E-state index in [9.17, 15) is 5.11 Å². The molecule has 116 valence electrons. The molecule has 1 unspecified atom stereocenters. The van der Waals surface area contributed by atoms with Crippen LogP contribution in [0.15, 0.2) is 85.0 Å². The highest BCUT2D eigenvalue weighted by molar-refractivity contribution is 5.40. The molecule has 1 N–H and O–H groups in total. The van der Waals surface area contributed by atoms with Crippen molar-refractivity contribution < 1.29 is 5.11 Å². The van der Waals surface area contributed by atoms with Crippen LogP contribution in [0, 0.1) is 5.92 Å². The van der Waals surface area contributed by atoms with E-state index >= 15 is 0 Å². The van der Waals surface area contributed by atoms with Crippen LogP contribution in [0.4, 0.5) is 0 Å². The lowest BCUT2D eigenvalue weighted by atomic mass is 9.83. The van der Waals surface area contributed by atoms with Crippen molar-refractivity contribution in [1.82, 2.24) is 4.90 Å². The summed E-state index contributed by atoms with van der Waals surface area (Å²) >= 11 is 0. The van der Waals surface area contributed by atoms with Gasteiger partial charge in [-0.15, -0.1) is 0 Å². The van der Waals surface area contributed by atoms with Crippen molar-refractivity contribution in [2.45, 2.75) is 11.6 Å². The maximum atomic E-state index is 11.7. The monoisotopic (exact) mass is 303 g/mol. The molecule has 2 aliphatic rings. The van der Waals surface area contributed by atoms with Gasteiger partial charge in [-0.1, -0.05) is 85.0 Å². The van der Waals surface area contributed by atoms with Gasteiger partial charge in [-0.3, -0.25) is 4.90 Å². The van der Waals surface area contributed by atoms with E-state index in [1.165, 1.54) is 0 Å². The van der Waals surface area contributed by atoms with Gasteiger partial charge in [0.2, 0.25) is 0 Å². The Balaban J connectivity index is 1.64. The van der Waals surface area contributed by atoms with Gasteiger partial charge in [-0.05, 0) is 11.1 Å². The lowest BCUT2D eigenvalue weighted by molar-refractivity contribution is 0.0640. The summed E-state index contributed by atoms with van der Waals surface area (Å²) in [5.41, 5.74) is 0.988. The number of nitrogens with zero attached hydrogens (tertiary/aromatic N) is 1. The lowest BCUT2D eigenvalue weighted by Gasteiger charge is -2.30.